The molecule has 0 radical (unpaired) electrons. The molecule has 2 aromatic carbocycles. The second-order valence-corrected chi connectivity index (χ2v) is 5.25. The molecule has 1 aliphatic rings. The van der Waals surface area contributed by atoms with Crippen molar-refractivity contribution in [3.05, 3.63) is 42.0 Å². The molecule has 0 bridgehead atoms. The van der Waals surface area contributed by atoms with Gasteiger partial charge in [-0.15, -0.1) is 12.6 Å². The zero-order valence-corrected chi connectivity index (χ0v) is 11.0. The Kier molecular flexibility index (Phi) is 3.16. The number of fused-ring (bicyclic) bond motifs is 1. The van der Waals surface area contributed by atoms with Crippen LogP contribution < -0.4 is 16.6 Å². The van der Waals surface area contributed by atoms with E-state index in [0.29, 0.717) is 0 Å². The summed E-state index contributed by atoms with van der Waals surface area (Å²) in [6, 6.07) is 12.8. The predicted molar refractivity (Wildman–Crippen MR) is 79.6 cm³/mol. The fourth-order valence-corrected chi connectivity index (χ4v) is 2.53. The number of hydrazine groups is 1. The van der Waals surface area contributed by atoms with Gasteiger partial charge in [-0.3, -0.25) is 5.84 Å². The summed E-state index contributed by atoms with van der Waals surface area (Å²) in [6.07, 6.45) is 2.63. The Balaban J connectivity index is 2.08. The lowest BCUT2D eigenvalue weighted by atomic mass is 10.00. The van der Waals surface area contributed by atoms with E-state index >= 15 is 0 Å². The summed E-state index contributed by atoms with van der Waals surface area (Å²) in [6.45, 7) is 0. The number of benzene rings is 2. The molecular weight excluding hydrogens is 242 g/mol. The highest BCUT2D eigenvalue weighted by atomic mass is 32.1. The van der Waals surface area contributed by atoms with Crippen molar-refractivity contribution in [2.45, 2.75) is 24.3 Å². The van der Waals surface area contributed by atoms with Crippen molar-refractivity contribution < 1.29 is 0 Å². The van der Waals surface area contributed by atoms with Crippen molar-refractivity contribution in [2.24, 2.45) is 5.84 Å². The van der Waals surface area contributed by atoms with E-state index < -0.39 is 0 Å². The zero-order chi connectivity index (χ0) is 12.5. The highest BCUT2D eigenvalue weighted by molar-refractivity contribution is 7.81. The van der Waals surface area contributed by atoms with Gasteiger partial charge in [0.15, 0.2) is 0 Å². The molecule has 0 aromatic heterocycles. The number of anilines is 1. The highest BCUT2D eigenvalue weighted by Crippen LogP contribution is 2.44. The lowest BCUT2D eigenvalue weighted by molar-refractivity contribution is 0.749. The smallest absolute Gasteiger partial charge is 0.135 e. The standard InChI is InChI=1S/C14H17N3S/c15-17-14(18)16-13-8-7-10(9-5-6-9)11-3-1-2-4-12(11)13/h1-4,7-9,14,16-18H,5-6,15H2. The van der Waals surface area contributed by atoms with Gasteiger partial charge in [0, 0.05) is 11.1 Å². The van der Waals surface area contributed by atoms with Crippen molar-refractivity contribution in [2.75, 3.05) is 5.32 Å². The molecule has 1 fully saturated rings. The number of rotatable bonds is 4. The molecule has 4 N–H and O–H groups in total. The first-order chi connectivity index (χ1) is 8.79. The van der Waals surface area contributed by atoms with E-state index in [-0.39, 0.29) is 5.50 Å². The molecule has 0 heterocycles. The van der Waals surface area contributed by atoms with Gasteiger partial charge >= 0.3 is 0 Å². The van der Waals surface area contributed by atoms with Crippen LogP contribution in [0.2, 0.25) is 0 Å². The van der Waals surface area contributed by atoms with Crippen LogP contribution in [-0.2, 0) is 0 Å². The van der Waals surface area contributed by atoms with E-state index in [9.17, 15) is 0 Å². The van der Waals surface area contributed by atoms with Gasteiger partial charge in [0.1, 0.15) is 5.50 Å². The largest absolute Gasteiger partial charge is 0.360 e. The van der Waals surface area contributed by atoms with E-state index in [1.807, 2.05) is 0 Å². The van der Waals surface area contributed by atoms with Gasteiger partial charge in [-0.05, 0) is 35.8 Å². The monoisotopic (exact) mass is 259 g/mol. The van der Waals surface area contributed by atoms with E-state index in [0.717, 1.165) is 11.6 Å². The fourth-order valence-electron chi connectivity index (χ4n) is 2.39. The Hall–Kier alpha value is -1.23. The summed E-state index contributed by atoms with van der Waals surface area (Å²) in [5.74, 6) is 6.12. The first-order valence-electron chi connectivity index (χ1n) is 6.22. The average molecular weight is 259 g/mol. The molecular formula is C14H17N3S. The van der Waals surface area contributed by atoms with Crippen LogP contribution in [0.5, 0.6) is 0 Å². The van der Waals surface area contributed by atoms with Crippen LogP contribution in [0, 0.1) is 0 Å². The van der Waals surface area contributed by atoms with Crippen LogP contribution in [0.4, 0.5) is 5.69 Å². The number of hydrogen-bond donors (Lipinski definition) is 4. The Morgan fingerprint density at radius 2 is 1.83 bits per heavy atom. The van der Waals surface area contributed by atoms with Gasteiger partial charge in [0.05, 0.1) is 0 Å². The maximum absolute atomic E-state index is 5.36. The first kappa shape index (κ1) is 11.8. The van der Waals surface area contributed by atoms with Crippen LogP contribution in [0.1, 0.15) is 24.3 Å². The highest BCUT2D eigenvalue weighted by Gasteiger charge is 2.25. The quantitative estimate of drug-likeness (QED) is 0.295. The third-order valence-electron chi connectivity index (χ3n) is 3.43. The molecule has 3 nitrogen and oxygen atoms in total. The van der Waals surface area contributed by atoms with Gasteiger partial charge in [-0.2, -0.15) is 0 Å². The third-order valence-corrected chi connectivity index (χ3v) is 3.70. The average Bonchev–Trinajstić information content (AvgIpc) is 3.23. The number of nitrogens with one attached hydrogen (secondary N) is 2. The Labute approximate surface area is 112 Å². The number of thiol groups is 1. The molecule has 0 saturated heterocycles. The maximum Gasteiger partial charge on any atom is 0.135 e. The van der Waals surface area contributed by atoms with E-state index in [1.165, 1.54) is 29.2 Å². The summed E-state index contributed by atoms with van der Waals surface area (Å²) >= 11 is 4.30. The summed E-state index contributed by atoms with van der Waals surface area (Å²) in [5.41, 5.74) is 4.86. The summed E-state index contributed by atoms with van der Waals surface area (Å²) < 4.78 is 0. The molecule has 0 amide bonds. The van der Waals surface area contributed by atoms with Crippen LogP contribution in [0.3, 0.4) is 0 Å². The first-order valence-corrected chi connectivity index (χ1v) is 6.73. The molecule has 0 spiro atoms. The van der Waals surface area contributed by atoms with Crippen molar-refractivity contribution in [1.82, 2.24) is 5.43 Å². The van der Waals surface area contributed by atoms with Crippen molar-refractivity contribution >= 4 is 29.1 Å². The molecule has 4 heteroatoms. The molecule has 1 aliphatic carbocycles. The maximum atomic E-state index is 5.36. The minimum Gasteiger partial charge on any atom is -0.360 e. The van der Waals surface area contributed by atoms with Gasteiger partial charge in [0.25, 0.3) is 0 Å². The lowest BCUT2D eigenvalue weighted by Crippen LogP contribution is -2.36. The Morgan fingerprint density at radius 1 is 1.11 bits per heavy atom. The van der Waals surface area contributed by atoms with Crippen molar-refractivity contribution in [3.63, 3.8) is 0 Å². The lowest BCUT2D eigenvalue weighted by Gasteiger charge is -2.16. The molecule has 1 saturated carbocycles. The summed E-state index contributed by atoms with van der Waals surface area (Å²) in [7, 11) is 0. The van der Waals surface area contributed by atoms with Crippen molar-refractivity contribution in [3.8, 4) is 0 Å². The second-order valence-electron chi connectivity index (χ2n) is 4.74. The topological polar surface area (TPSA) is 50.1 Å². The van der Waals surface area contributed by atoms with Crippen molar-refractivity contribution in [1.29, 1.82) is 0 Å². The number of nitrogens with two attached hydrogens (primary N) is 1. The second kappa shape index (κ2) is 4.80. The molecule has 3 rings (SSSR count). The minimum atomic E-state index is -0.250. The minimum absolute atomic E-state index is 0.250. The molecule has 1 atom stereocenters. The molecule has 18 heavy (non-hydrogen) atoms. The SMILES string of the molecule is NNC(S)Nc1ccc(C2CC2)c2ccccc12. The molecule has 0 aliphatic heterocycles. The summed E-state index contributed by atoms with van der Waals surface area (Å²) in [4.78, 5) is 0. The molecule has 1 unspecified atom stereocenters. The van der Waals surface area contributed by atoms with E-state index in [1.54, 1.807) is 0 Å². The fraction of sp³-hybridized carbons (Fsp3) is 0.286. The van der Waals surface area contributed by atoms with Crippen LogP contribution >= 0.6 is 12.6 Å². The van der Waals surface area contributed by atoms with Gasteiger partial charge in [-0.1, -0.05) is 30.3 Å². The Bertz CT molecular complexity index is 566. The van der Waals surface area contributed by atoms with E-state index in [2.05, 4.69) is 59.8 Å². The van der Waals surface area contributed by atoms with Gasteiger partial charge in [-0.25, -0.2) is 5.43 Å². The Morgan fingerprint density at radius 3 is 2.50 bits per heavy atom. The number of hydrogen-bond acceptors (Lipinski definition) is 4. The zero-order valence-electron chi connectivity index (χ0n) is 10.1. The molecule has 2 aromatic rings. The van der Waals surface area contributed by atoms with Crippen LogP contribution in [0.25, 0.3) is 10.8 Å². The van der Waals surface area contributed by atoms with Gasteiger partial charge < -0.3 is 5.32 Å². The van der Waals surface area contributed by atoms with Crippen LogP contribution in [0.15, 0.2) is 36.4 Å². The van der Waals surface area contributed by atoms with Crippen LogP contribution in [-0.4, -0.2) is 5.50 Å². The summed E-state index contributed by atoms with van der Waals surface area (Å²) in [5, 5.41) is 5.82. The predicted octanol–water partition coefficient (Wildman–Crippen LogP) is 2.81. The normalized spacial score (nSPS) is 16.8. The molecule has 94 valence electrons. The third kappa shape index (κ3) is 2.19. The van der Waals surface area contributed by atoms with Gasteiger partial charge in [0.2, 0.25) is 0 Å². The van der Waals surface area contributed by atoms with E-state index in [4.69, 9.17) is 5.84 Å².